The molecule has 0 spiro atoms. The van der Waals surface area contributed by atoms with Crippen molar-refractivity contribution >= 4 is 13.7 Å². The summed E-state index contributed by atoms with van der Waals surface area (Å²) in [5.74, 6) is -0.191. The molecular weight excluding hydrogens is 792 g/mol. The van der Waals surface area contributed by atoms with E-state index >= 15 is 0 Å². The highest BCUT2D eigenvalue weighted by Crippen LogP contribution is 2.38. The minimum atomic E-state index is -4.59. The summed E-state index contributed by atoms with van der Waals surface area (Å²) in [5, 5.41) is 13.9. The van der Waals surface area contributed by atoms with E-state index in [-0.39, 0.29) is 19.1 Å². The number of aliphatic hydroxyl groups excluding tert-OH is 1. The maximum atomic E-state index is 12.9. The first-order valence-electron chi connectivity index (χ1n) is 27.1. The Morgan fingerprint density at radius 2 is 0.871 bits per heavy atom. The standard InChI is InChI=1S/C53H107N2O6P/c1-6-8-10-12-14-16-18-20-22-24-26-27-29-30-32-34-36-38-40-42-44-46-52(56)51(50-61-62(58,59)60-49-48-55(3,4)5)54-53(57)47-45-43-41-39-37-35-33-31-28-25-23-21-19-17-15-13-11-9-7-2/h44,46,51-52,56H,6-43,45,47-50H2,1-5H3,(H-,54,57,58,59)/b46-44+. The normalized spacial score (nSPS) is 14.1. The maximum Gasteiger partial charge on any atom is 0.268 e. The van der Waals surface area contributed by atoms with Gasteiger partial charge < -0.3 is 28.8 Å². The van der Waals surface area contributed by atoms with Crippen molar-refractivity contribution in [2.75, 3.05) is 40.9 Å². The molecule has 0 aromatic heterocycles. The number of nitrogens with zero attached hydrogens (tertiary/aromatic N) is 1. The Balaban J connectivity index is 4.24. The van der Waals surface area contributed by atoms with Crippen LogP contribution in [0.25, 0.3) is 0 Å². The van der Waals surface area contributed by atoms with Crippen molar-refractivity contribution < 1.29 is 32.9 Å². The van der Waals surface area contributed by atoms with E-state index in [2.05, 4.69) is 19.2 Å². The third-order valence-corrected chi connectivity index (χ3v) is 13.5. The van der Waals surface area contributed by atoms with E-state index < -0.39 is 20.0 Å². The maximum absolute atomic E-state index is 12.9. The molecule has 2 N–H and O–H groups in total. The van der Waals surface area contributed by atoms with Crippen LogP contribution in [0, 0.1) is 0 Å². The van der Waals surface area contributed by atoms with E-state index in [4.69, 9.17) is 9.05 Å². The molecule has 370 valence electrons. The first kappa shape index (κ1) is 61.2. The first-order chi connectivity index (χ1) is 30.0. The van der Waals surface area contributed by atoms with Crippen LogP contribution in [0.4, 0.5) is 0 Å². The van der Waals surface area contributed by atoms with Gasteiger partial charge in [-0.25, -0.2) is 0 Å². The Labute approximate surface area is 386 Å². The quantitative estimate of drug-likeness (QED) is 0.0272. The number of phosphoric acid groups is 1. The van der Waals surface area contributed by atoms with E-state index in [1.165, 1.54) is 212 Å². The van der Waals surface area contributed by atoms with Gasteiger partial charge in [-0.2, -0.15) is 0 Å². The first-order valence-corrected chi connectivity index (χ1v) is 28.5. The Bertz CT molecular complexity index is 1020. The molecule has 0 aliphatic heterocycles. The van der Waals surface area contributed by atoms with Gasteiger partial charge in [0, 0.05) is 6.42 Å². The molecule has 0 aliphatic carbocycles. The zero-order chi connectivity index (χ0) is 45.7. The minimum Gasteiger partial charge on any atom is -0.756 e. The molecule has 0 fully saturated rings. The lowest BCUT2D eigenvalue weighted by Gasteiger charge is -2.29. The third kappa shape index (κ3) is 47.2. The largest absolute Gasteiger partial charge is 0.756 e. The van der Waals surface area contributed by atoms with Crippen molar-refractivity contribution in [2.24, 2.45) is 0 Å². The van der Waals surface area contributed by atoms with Gasteiger partial charge in [-0.15, -0.1) is 0 Å². The van der Waals surface area contributed by atoms with Crippen molar-refractivity contribution in [3.05, 3.63) is 12.2 Å². The number of hydrogen-bond acceptors (Lipinski definition) is 6. The number of carbonyl (C=O) groups excluding carboxylic acids is 1. The number of hydrogen-bond donors (Lipinski definition) is 2. The number of carbonyl (C=O) groups is 1. The summed E-state index contributed by atoms with van der Waals surface area (Å²) in [7, 11) is 1.28. The highest BCUT2D eigenvalue weighted by atomic mass is 31.2. The number of unbranched alkanes of at least 4 members (excludes halogenated alkanes) is 37. The van der Waals surface area contributed by atoms with Crippen LogP contribution >= 0.6 is 7.82 Å². The molecule has 0 aromatic carbocycles. The number of likely N-dealkylation sites (N-methyl/N-ethyl adjacent to an activating group) is 1. The topological polar surface area (TPSA) is 108 Å². The summed E-state index contributed by atoms with van der Waals surface area (Å²) >= 11 is 0. The fourth-order valence-corrected chi connectivity index (χ4v) is 8.94. The van der Waals surface area contributed by atoms with Gasteiger partial charge in [0.2, 0.25) is 5.91 Å². The van der Waals surface area contributed by atoms with Crippen molar-refractivity contribution in [1.29, 1.82) is 0 Å². The number of rotatable bonds is 50. The van der Waals surface area contributed by atoms with Gasteiger partial charge >= 0.3 is 0 Å². The third-order valence-electron chi connectivity index (χ3n) is 12.5. The molecule has 1 amide bonds. The number of allylic oxidation sites excluding steroid dienone is 1. The Kier molecular flexibility index (Phi) is 44.8. The predicted molar refractivity (Wildman–Crippen MR) is 266 cm³/mol. The van der Waals surface area contributed by atoms with Crippen LogP contribution in [-0.4, -0.2) is 68.5 Å². The molecular formula is C53H107N2O6P. The van der Waals surface area contributed by atoms with E-state index in [1.54, 1.807) is 6.08 Å². The van der Waals surface area contributed by atoms with E-state index in [1.807, 2.05) is 27.2 Å². The van der Waals surface area contributed by atoms with E-state index in [0.29, 0.717) is 17.4 Å². The lowest BCUT2D eigenvalue weighted by atomic mass is 10.0. The van der Waals surface area contributed by atoms with E-state index in [0.717, 1.165) is 38.5 Å². The number of phosphoric ester groups is 1. The Hall–Kier alpha value is -0.760. The zero-order valence-corrected chi connectivity index (χ0v) is 43.0. The molecule has 9 heteroatoms. The molecule has 8 nitrogen and oxygen atoms in total. The molecule has 3 unspecified atom stereocenters. The molecule has 62 heavy (non-hydrogen) atoms. The highest BCUT2D eigenvalue weighted by molar-refractivity contribution is 7.45. The highest BCUT2D eigenvalue weighted by Gasteiger charge is 2.23. The Morgan fingerprint density at radius 3 is 1.21 bits per heavy atom. The van der Waals surface area contributed by atoms with Gasteiger partial charge in [0.25, 0.3) is 7.82 Å². The summed E-state index contributed by atoms with van der Waals surface area (Å²) in [6, 6.07) is -0.881. The monoisotopic (exact) mass is 899 g/mol. The van der Waals surface area contributed by atoms with Crippen LogP contribution < -0.4 is 10.2 Å². The molecule has 0 saturated carbocycles. The van der Waals surface area contributed by atoms with Gasteiger partial charge in [0.05, 0.1) is 39.9 Å². The van der Waals surface area contributed by atoms with Gasteiger partial charge in [0.15, 0.2) is 0 Å². The lowest BCUT2D eigenvalue weighted by Crippen LogP contribution is -2.45. The second-order valence-corrected chi connectivity index (χ2v) is 21.4. The number of amides is 1. The summed E-state index contributed by atoms with van der Waals surface area (Å²) in [4.78, 5) is 25.4. The van der Waals surface area contributed by atoms with Crippen molar-refractivity contribution in [2.45, 2.75) is 283 Å². The summed E-state index contributed by atoms with van der Waals surface area (Å²) in [6.45, 7) is 4.69. The Morgan fingerprint density at radius 1 is 0.548 bits per heavy atom. The zero-order valence-electron chi connectivity index (χ0n) is 42.1. The molecule has 0 radical (unpaired) electrons. The van der Waals surface area contributed by atoms with Gasteiger partial charge in [-0.3, -0.25) is 9.36 Å². The smallest absolute Gasteiger partial charge is 0.268 e. The van der Waals surface area contributed by atoms with E-state index in [9.17, 15) is 19.4 Å². The van der Waals surface area contributed by atoms with Crippen LogP contribution in [-0.2, 0) is 18.4 Å². The number of aliphatic hydroxyl groups is 1. The summed E-state index contributed by atoms with van der Waals surface area (Å²) in [6.07, 6.45) is 54.1. The summed E-state index contributed by atoms with van der Waals surface area (Å²) in [5.41, 5.74) is 0. The summed E-state index contributed by atoms with van der Waals surface area (Å²) < 4.78 is 23.3. The van der Waals surface area contributed by atoms with Gasteiger partial charge in [-0.1, -0.05) is 257 Å². The average molecular weight is 899 g/mol. The number of nitrogens with one attached hydrogen (secondary N) is 1. The molecule has 0 heterocycles. The molecule has 0 aromatic rings. The predicted octanol–water partition coefficient (Wildman–Crippen LogP) is 15.2. The minimum absolute atomic E-state index is 0.00258. The lowest BCUT2D eigenvalue weighted by molar-refractivity contribution is -0.870. The molecule has 0 bridgehead atoms. The van der Waals surface area contributed by atoms with Crippen LogP contribution in [0.3, 0.4) is 0 Å². The fourth-order valence-electron chi connectivity index (χ4n) is 8.21. The van der Waals surface area contributed by atoms with Crippen molar-refractivity contribution in [3.63, 3.8) is 0 Å². The van der Waals surface area contributed by atoms with Gasteiger partial charge in [-0.05, 0) is 19.3 Å². The molecule has 0 rings (SSSR count). The van der Waals surface area contributed by atoms with Gasteiger partial charge in [0.1, 0.15) is 13.2 Å². The second kappa shape index (κ2) is 45.4. The average Bonchev–Trinajstić information content (AvgIpc) is 3.23. The molecule has 0 aliphatic rings. The second-order valence-electron chi connectivity index (χ2n) is 19.9. The number of quaternary nitrogens is 1. The van der Waals surface area contributed by atoms with Crippen molar-refractivity contribution in [1.82, 2.24) is 5.32 Å². The van der Waals surface area contributed by atoms with Crippen molar-refractivity contribution in [3.8, 4) is 0 Å². The fraction of sp³-hybridized carbons (Fsp3) is 0.943. The van der Waals surface area contributed by atoms with Crippen LogP contribution in [0.1, 0.15) is 271 Å². The SMILES string of the molecule is CCCCCCCCCCCCCCCCCCCCC/C=C/C(O)C(COP(=O)([O-])OCC[N+](C)(C)C)NC(=O)CCCCCCCCCCCCCCCCCCCCC. The van der Waals surface area contributed by atoms with Crippen LogP contribution in [0.2, 0.25) is 0 Å². The molecule has 0 saturated heterocycles. The van der Waals surface area contributed by atoms with Crippen LogP contribution in [0.5, 0.6) is 0 Å². The molecule has 3 atom stereocenters. The van der Waals surface area contributed by atoms with Crippen LogP contribution in [0.15, 0.2) is 12.2 Å².